The van der Waals surface area contributed by atoms with E-state index in [0.717, 1.165) is 27.3 Å². The number of rotatable bonds is 1. The Hall–Kier alpha value is -2.75. The van der Waals surface area contributed by atoms with E-state index in [2.05, 4.69) is 0 Å². The Balaban J connectivity index is 2.38. The number of fused-ring (bicyclic) bond motifs is 5. The van der Waals surface area contributed by atoms with Crippen LogP contribution < -0.4 is 10.4 Å². The number of furan rings is 1. The maximum atomic E-state index is 11.8. The van der Waals surface area contributed by atoms with Gasteiger partial charge in [0.1, 0.15) is 16.9 Å². The van der Waals surface area contributed by atoms with E-state index >= 15 is 0 Å². The Morgan fingerprint density at radius 3 is 2.62 bits per heavy atom. The molecule has 0 fully saturated rings. The number of ether oxygens (including phenoxy) is 1. The van der Waals surface area contributed by atoms with Gasteiger partial charge in [0.15, 0.2) is 5.58 Å². The summed E-state index contributed by atoms with van der Waals surface area (Å²) in [5.74, 6) is 0.637. The van der Waals surface area contributed by atoms with Gasteiger partial charge >= 0.3 is 5.63 Å². The molecule has 4 nitrogen and oxygen atoms in total. The van der Waals surface area contributed by atoms with E-state index in [0.29, 0.717) is 16.9 Å². The highest BCUT2D eigenvalue weighted by Gasteiger charge is 2.17. The normalized spacial score (nSPS) is 11.5. The van der Waals surface area contributed by atoms with Gasteiger partial charge in [-0.1, -0.05) is 18.2 Å². The molecule has 0 spiro atoms. The van der Waals surface area contributed by atoms with Crippen molar-refractivity contribution in [1.29, 1.82) is 0 Å². The van der Waals surface area contributed by atoms with Gasteiger partial charge in [-0.05, 0) is 18.6 Å². The van der Waals surface area contributed by atoms with Crippen molar-refractivity contribution in [2.75, 3.05) is 7.11 Å². The fraction of sp³-hybridized carbons (Fsp3) is 0.118. The van der Waals surface area contributed by atoms with E-state index in [1.165, 1.54) is 6.07 Å². The average molecular weight is 280 g/mol. The van der Waals surface area contributed by atoms with Gasteiger partial charge in [0, 0.05) is 17.5 Å². The highest BCUT2D eigenvalue weighted by atomic mass is 16.5. The van der Waals surface area contributed by atoms with Gasteiger partial charge in [0.25, 0.3) is 0 Å². The first-order valence-corrected chi connectivity index (χ1v) is 6.62. The van der Waals surface area contributed by atoms with Crippen LogP contribution in [0.2, 0.25) is 0 Å². The minimum absolute atomic E-state index is 0.375. The van der Waals surface area contributed by atoms with Gasteiger partial charge in [-0.3, -0.25) is 0 Å². The number of hydrogen-bond acceptors (Lipinski definition) is 4. The quantitative estimate of drug-likeness (QED) is 0.494. The minimum atomic E-state index is -0.375. The lowest BCUT2D eigenvalue weighted by molar-refractivity contribution is 0.418. The Labute approximate surface area is 119 Å². The molecule has 0 amide bonds. The van der Waals surface area contributed by atoms with Gasteiger partial charge in [0.2, 0.25) is 0 Å². The summed E-state index contributed by atoms with van der Waals surface area (Å²) in [6.07, 6.45) is 0. The highest BCUT2D eigenvalue weighted by Crippen LogP contribution is 2.39. The topological polar surface area (TPSA) is 52.6 Å². The second-order valence-corrected chi connectivity index (χ2v) is 5.00. The first-order valence-electron chi connectivity index (χ1n) is 6.62. The van der Waals surface area contributed by atoms with Crippen LogP contribution in [0.1, 0.15) is 5.56 Å². The second-order valence-electron chi connectivity index (χ2n) is 5.00. The number of methoxy groups -OCH3 is 1. The van der Waals surface area contributed by atoms with Crippen molar-refractivity contribution in [2.24, 2.45) is 0 Å². The monoisotopic (exact) mass is 280 g/mol. The van der Waals surface area contributed by atoms with Crippen molar-refractivity contribution < 1.29 is 13.6 Å². The van der Waals surface area contributed by atoms with Gasteiger partial charge < -0.3 is 13.6 Å². The van der Waals surface area contributed by atoms with Crippen LogP contribution in [-0.2, 0) is 0 Å². The lowest BCUT2D eigenvalue weighted by Gasteiger charge is -2.07. The third kappa shape index (κ3) is 1.59. The summed E-state index contributed by atoms with van der Waals surface area (Å²) in [5.41, 5.74) is 2.37. The van der Waals surface area contributed by atoms with Crippen molar-refractivity contribution in [3.63, 3.8) is 0 Å². The zero-order valence-electron chi connectivity index (χ0n) is 11.6. The number of benzene rings is 2. The van der Waals surface area contributed by atoms with Crippen molar-refractivity contribution >= 4 is 32.9 Å². The molecular weight excluding hydrogens is 268 g/mol. The maximum absolute atomic E-state index is 11.8. The molecule has 2 aromatic heterocycles. The first kappa shape index (κ1) is 12.0. The molecule has 0 aliphatic heterocycles. The predicted molar refractivity (Wildman–Crippen MR) is 81.1 cm³/mol. The van der Waals surface area contributed by atoms with Gasteiger partial charge in [-0.15, -0.1) is 0 Å². The molecule has 0 saturated carbocycles. The number of para-hydroxylation sites is 1. The smallest absolute Gasteiger partial charge is 0.336 e. The summed E-state index contributed by atoms with van der Waals surface area (Å²) in [6, 6.07) is 11.0. The van der Waals surface area contributed by atoms with Crippen LogP contribution >= 0.6 is 0 Å². The molecule has 0 aliphatic carbocycles. The predicted octanol–water partition coefficient (Wildman–Crippen LogP) is 4.01. The zero-order valence-corrected chi connectivity index (χ0v) is 11.6. The molecule has 104 valence electrons. The molecule has 0 N–H and O–H groups in total. The lowest BCUT2D eigenvalue weighted by Crippen LogP contribution is -1.99. The molecule has 2 heterocycles. The third-order valence-corrected chi connectivity index (χ3v) is 3.74. The molecule has 4 aromatic rings. The van der Waals surface area contributed by atoms with Crippen molar-refractivity contribution in [3.05, 3.63) is 52.4 Å². The molecule has 4 rings (SSSR count). The summed E-state index contributed by atoms with van der Waals surface area (Å²) in [7, 11) is 1.59. The average Bonchev–Trinajstić information content (AvgIpc) is 2.84. The van der Waals surface area contributed by atoms with Crippen LogP contribution in [0.15, 0.2) is 50.0 Å². The van der Waals surface area contributed by atoms with Gasteiger partial charge in [0.05, 0.1) is 17.9 Å². The highest BCUT2D eigenvalue weighted by molar-refractivity contribution is 6.18. The van der Waals surface area contributed by atoms with Crippen molar-refractivity contribution in [2.45, 2.75) is 6.92 Å². The molecule has 0 radical (unpaired) electrons. The Morgan fingerprint density at radius 2 is 1.81 bits per heavy atom. The van der Waals surface area contributed by atoms with Gasteiger partial charge in [-0.2, -0.15) is 0 Å². The van der Waals surface area contributed by atoms with E-state index in [4.69, 9.17) is 13.6 Å². The minimum Gasteiger partial charge on any atom is -0.496 e. The van der Waals surface area contributed by atoms with Crippen LogP contribution in [0.4, 0.5) is 0 Å². The van der Waals surface area contributed by atoms with Crippen molar-refractivity contribution in [3.8, 4) is 5.75 Å². The Morgan fingerprint density at radius 1 is 1.00 bits per heavy atom. The molecule has 21 heavy (non-hydrogen) atoms. The summed E-state index contributed by atoms with van der Waals surface area (Å²) in [5, 5.41) is 2.53. The fourth-order valence-corrected chi connectivity index (χ4v) is 2.84. The van der Waals surface area contributed by atoms with Gasteiger partial charge in [-0.25, -0.2) is 4.79 Å². The summed E-state index contributed by atoms with van der Waals surface area (Å²) in [6.45, 7) is 1.87. The molecule has 4 heteroatoms. The molecule has 2 aromatic carbocycles. The van der Waals surface area contributed by atoms with Crippen LogP contribution in [0.25, 0.3) is 32.9 Å². The second kappa shape index (κ2) is 4.12. The molecular formula is C17H12O4. The number of aryl methyl sites for hydroxylation is 1. The summed E-state index contributed by atoms with van der Waals surface area (Å²) < 4.78 is 16.7. The summed E-state index contributed by atoms with van der Waals surface area (Å²) >= 11 is 0. The first-order chi connectivity index (χ1) is 10.2. The fourth-order valence-electron chi connectivity index (χ4n) is 2.84. The zero-order chi connectivity index (χ0) is 14.6. The van der Waals surface area contributed by atoms with Crippen LogP contribution in [0, 0.1) is 6.92 Å². The van der Waals surface area contributed by atoms with Crippen LogP contribution in [0.3, 0.4) is 0 Å². The van der Waals surface area contributed by atoms with E-state index in [9.17, 15) is 4.79 Å². The molecule has 0 bridgehead atoms. The molecule has 0 aliphatic rings. The number of hydrogen-bond donors (Lipinski definition) is 0. The Kier molecular flexibility index (Phi) is 2.36. The SMILES string of the molecule is COc1cc2oc3ccccc3c2c2oc(=O)cc(C)c12. The third-order valence-electron chi connectivity index (χ3n) is 3.74. The van der Waals surface area contributed by atoms with Crippen LogP contribution in [-0.4, -0.2) is 7.11 Å². The van der Waals surface area contributed by atoms with E-state index in [-0.39, 0.29) is 5.63 Å². The van der Waals surface area contributed by atoms with E-state index < -0.39 is 0 Å². The van der Waals surface area contributed by atoms with E-state index in [1.54, 1.807) is 7.11 Å². The maximum Gasteiger partial charge on any atom is 0.336 e. The van der Waals surface area contributed by atoms with E-state index in [1.807, 2.05) is 37.3 Å². The Bertz CT molecular complexity index is 1050. The van der Waals surface area contributed by atoms with Crippen molar-refractivity contribution in [1.82, 2.24) is 0 Å². The lowest BCUT2D eigenvalue weighted by atomic mass is 10.1. The standard InChI is InChI=1S/C17H12O4/c1-9-7-14(18)21-17-15(9)12(19-2)8-13-16(17)10-5-3-4-6-11(10)20-13/h3-8H,1-2H3. The molecule has 0 atom stereocenters. The summed E-state index contributed by atoms with van der Waals surface area (Å²) in [4.78, 5) is 11.8. The largest absolute Gasteiger partial charge is 0.496 e. The van der Waals surface area contributed by atoms with Crippen LogP contribution in [0.5, 0.6) is 5.75 Å². The molecule has 0 saturated heterocycles. The molecule has 0 unspecified atom stereocenters.